The number of benzene rings is 1. The SMILES string of the molecule is CCCCNC(=O)c1cc(C)nc(Nc2ccccc2F)n1. The van der Waals surface area contributed by atoms with E-state index in [1.165, 1.54) is 6.07 Å². The summed E-state index contributed by atoms with van der Waals surface area (Å²) < 4.78 is 13.6. The number of hydrogen-bond donors (Lipinski definition) is 2. The van der Waals surface area contributed by atoms with Gasteiger partial charge >= 0.3 is 0 Å². The van der Waals surface area contributed by atoms with Crippen molar-refractivity contribution in [1.82, 2.24) is 15.3 Å². The van der Waals surface area contributed by atoms with Crippen LogP contribution in [0.5, 0.6) is 0 Å². The zero-order chi connectivity index (χ0) is 15.9. The van der Waals surface area contributed by atoms with Crippen LogP contribution >= 0.6 is 0 Å². The van der Waals surface area contributed by atoms with Crippen molar-refractivity contribution < 1.29 is 9.18 Å². The number of nitrogens with zero attached hydrogens (tertiary/aromatic N) is 2. The van der Waals surface area contributed by atoms with E-state index in [4.69, 9.17) is 0 Å². The summed E-state index contributed by atoms with van der Waals surface area (Å²) in [5.74, 6) is -0.456. The molecule has 0 aliphatic carbocycles. The fourth-order valence-electron chi connectivity index (χ4n) is 1.89. The lowest BCUT2D eigenvalue weighted by molar-refractivity contribution is 0.0948. The number of carbonyl (C=O) groups excluding carboxylic acids is 1. The molecule has 1 aromatic heterocycles. The van der Waals surface area contributed by atoms with Gasteiger partial charge in [-0.25, -0.2) is 14.4 Å². The summed E-state index contributed by atoms with van der Waals surface area (Å²) in [6.07, 6.45) is 1.92. The molecule has 2 aromatic rings. The van der Waals surface area contributed by atoms with Gasteiger partial charge in [0.25, 0.3) is 5.91 Å². The van der Waals surface area contributed by atoms with Crippen LogP contribution in [0, 0.1) is 12.7 Å². The summed E-state index contributed by atoms with van der Waals surface area (Å²) in [6, 6.07) is 7.84. The summed E-state index contributed by atoms with van der Waals surface area (Å²) >= 11 is 0. The van der Waals surface area contributed by atoms with Crippen LogP contribution in [0.2, 0.25) is 0 Å². The van der Waals surface area contributed by atoms with E-state index in [-0.39, 0.29) is 23.2 Å². The van der Waals surface area contributed by atoms with E-state index in [9.17, 15) is 9.18 Å². The molecule has 22 heavy (non-hydrogen) atoms. The summed E-state index contributed by atoms with van der Waals surface area (Å²) in [7, 11) is 0. The van der Waals surface area contributed by atoms with Gasteiger partial charge in [0.2, 0.25) is 5.95 Å². The van der Waals surface area contributed by atoms with Crippen LogP contribution in [0.1, 0.15) is 35.9 Å². The van der Waals surface area contributed by atoms with Gasteiger partial charge in [0, 0.05) is 12.2 Å². The molecule has 116 valence electrons. The Bertz CT molecular complexity index is 660. The predicted molar refractivity (Wildman–Crippen MR) is 83.7 cm³/mol. The van der Waals surface area contributed by atoms with E-state index in [1.807, 2.05) is 0 Å². The molecule has 0 aliphatic heterocycles. The lowest BCUT2D eigenvalue weighted by Gasteiger charge is -2.09. The average molecular weight is 302 g/mol. The third-order valence-electron chi connectivity index (χ3n) is 3.02. The molecule has 0 saturated carbocycles. The van der Waals surface area contributed by atoms with Gasteiger partial charge in [-0.2, -0.15) is 0 Å². The van der Waals surface area contributed by atoms with Crippen molar-refractivity contribution in [2.24, 2.45) is 0 Å². The maximum Gasteiger partial charge on any atom is 0.270 e. The second-order valence-electron chi connectivity index (χ2n) is 4.93. The summed E-state index contributed by atoms with van der Waals surface area (Å²) in [6.45, 7) is 4.42. The molecule has 0 aliphatic rings. The van der Waals surface area contributed by atoms with Crippen molar-refractivity contribution in [3.63, 3.8) is 0 Å². The highest BCUT2D eigenvalue weighted by Crippen LogP contribution is 2.17. The smallest absolute Gasteiger partial charge is 0.270 e. The molecule has 6 heteroatoms. The number of aryl methyl sites for hydroxylation is 1. The summed E-state index contributed by atoms with van der Waals surface area (Å²) in [5.41, 5.74) is 1.17. The first-order chi connectivity index (χ1) is 10.6. The highest BCUT2D eigenvalue weighted by atomic mass is 19.1. The minimum absolute atomic E-state index is 0.200. The normalized spacial score (nSPS) is 10.3. The number of hydrogen-bond acceptors (Lipinski definition) is 4. The molecule has 5 nitrogen and oxygen atoms in total. The molecular weight excluding hydrogens is 283 g/mol. The fraction of sp³-hybridized carbons (Fsp3) is 0.312. The molecule has 2 rings (SSSR count). The third-order valence-corrected chi connectivity index (χ3v) is 3.02. The number of nitrogens with one attached hydrogen (secondary N) is 2. The Morgan fingerprint density at radius 2 is 2.05 bits per heavy atom. The van der Waals surface area contributed by atoms with Crippen LogP contribution in [0.15, 0.2) is 30.3 Å². The molecule has 0 radical (unpaired) electrons. The Morgan fingerprint density at radius 3 is 2.77 bits per heavy atom. The van der Waals surface area contributed by atoms with Crippen LogP contribution in [-0.2, 0) is 0 Å². The monoisotopic (exact) mass is 302 g/mol. The lowest BCUT2D eigenvalue weighted by atomic mass is 10.3. The zero-order valence-electron chi connectivity index (χ0n) is 12.7. The number of unbranched alkanes of at least 4 members (excludes halogenated alkanes) is 1. The number of anilines is 2. The van der Waals surface area contributed by atoms with Crippen molar-refractivity contribution in [2.75, 3.05) is 11.9 Å². The predicted octanol–water partition coefficient (Wildman–Crippen LogP) is 3.20. The topological polar surface area (TPSA) is 66.9 Å². The highest BCUT2D eigenvalue weighted by Gasteiger charge is 2.11. The van der Waals surface area contributed by atoms with E-state index in [2.05, 4.69) is 27.5 Å². The number of aromatic nitrogens is 2. The van der Waals surface area contributed by atoms with E-state index in [0.717, 1.165) is 12.8 Å². The van der Waals surface area contributed by atoms with Gasteiger partial charge in [-0.15, -0.1) is 0 Å². The highest BCUT2D eigenvalue weighted by molar-refractivity contribution is 5.92. The number of rotatable bonds is 6. The van der Waals surface area contributed by atoms with Crippen molar-refractivity contribution >= 4 is 17.5 Å². The maximum absolute atomic E-state index is 13.6. The maximum atomic E-state index is 13.6. The zero-order valence-corrected chi connectivity index (χ0v) is 12.7. The summed E-state index contributed by atoms with van der Waals surface area (Å²) in [5, 5.41) is 5.60. The number of para-hydroxylation sites is 1. The first kappa shape index (κ1) is 15.9. The second-order valence-corrected chi connectivity index (χ2v) is 4.93. The molecular formula is C16H19FN4O. The van der Waals surface area contributed by atoms with Crippen LogP contribution in [0.3, 0.4) is 0 Å². The van der Waals surface area contributed by atoms with Crippen LogP contribution in [-0.4, -0.2) is 22.4 Å². The van der Waals surface area contributed by atoms with Crippen molar-refractivity contribution in [3.05, 3.63) is 47.5 Å². The van der Waals surface area contributed by atoms with Gasteiger partial charge in [-0.3, -0.25) is 4.79 Å². The molecule has 0 unspecified atom stereocenters. The Kier molecular flexibility index (Phi) is 5.41. The van der Waals surface area contributed by atoms with Gasteiger partial charge in [0.05, 0.1) is 5.69 Å². The van der Waals surface area contributed by atoms with Gasteiger partial charge in [0.15, 0.2) is 0 Å². The number of carbonyl (C=O) groups is 1. The minimum Gasteiger partial charge on any atom is -0.351 e. The second kappa shape index (κ2) is 7.49. The number of amides is 1. The molecule has 1 heterocycles. The molecule has 1 amide bonds. The van der Waals surface area contributed by atoms with Crippen molar-refractivity contribution in [1.29, 1.82) is 0 Å². The Labute approximate surface area is 129 Å². The standard InChI is InChI=1S/C16H19FN4O/c1-3-4-9-18-15(22)14-10-11(2)19-16(21-14)20-13-8-6-5-7-12(13)17/h5-8,10H,3-4,9H2,1-2H3,(H,18,22)(H,19,20,21). The fourth-order valence-corrected chi connectivity index (χ4v) is 1.89. The van der Waals surface area contributed by atoms with Gasteiger partial charge < -0.3 is 10.6 Å². The van der Waals surface area contributed by atoms with Crippen molar-refractivity contribution in [2.45, 2.75) is 26.7 Å². The third kappa shape index (κ3) is 4.25. The van der Waals surface area contributed by atoms with Crippen LogP contribution in [0.4, 0.5) is 16.0 Å². The Balaban J connectivity index is 2.16. The van der Waals surface area contributed by atoms with Gasteiger partial charge in [0.1, 0.15) is 11.5 Å². The largest absolute Gasteiger partial charge is 0.351 e. The van der Waals surface area contributed by atoms with E-state index >= 15 is 0 Å². The molecule has 0 atom stereocenters. The quantitative estimate of drug-likeness (QED) is 0.804. The van der Waals surface area contributed by atoms with Gasteiger partial charge in [-0.1, -0.05) is 25.5 Å². The summed E-state index contributed by atoms with van der Waals surface area (Å²) in [4.78, 5) is 20.4. The van der Waals surface area contributed by atoms with E-state index in [0.29, 0.717) is 12.2 Å². The van der Waals surface area contributed by atoms with E-state index < -0.39 is 5.82 Å². The van der Waals surface area contributed by atoms with Gasteiger partial charge in [-0.05, 0) is 31.5 Å². The molecule has 0 saturated heterocycles. The first-order valence-corrected chi connectivity index (χ1v) is 7.25. The Morgan fingerprint density at radius 1 is 1.27 bits per heavy atom. The van der Waals surface area contributed by atoms with Crippen molar-refractivity contribution in [3.8, 4) is 0 Å². The average Bonchev–Trinajstić information content (AvgIpc) is 2.49. The van der Waals surface area contributed by atoms with Crippen LogP contribution in [0.25, 0.3) is 0 Å². The first-order valence-electron chi connectivity index (χ1n) is 7.25. The molecule has 0 fully saturated rings. The Hall–Kier alpha value is -2.50. The lowest BCUT2D eigenvalue weighted by Crippen LogP contribution is -2.25. The molecule has 1 aromatic carbocycles. The minimum atomic E-state index is -0.401. The molecule has 0 bridgehead atoms. The molecule has 0 spiro atoms. The number of halogens is 1. The van der Waals surface area contributed by atoms with E-state index in [1.54, 1.807) is 31.2 Å². The molecule has 2 N–H and O–H groups in total. The van der Waals surface area contributed by atoms with Crippen LogP contribution < -0.4 is 10.6 Å².